The van der Waals surface area contributed by atoms with Gasteiger partial charge in [0.25, 0.3) is 10.0 Å². The molecular formula is C18H17ClFN3O3S. The van der Waals surface area contributed by atoms with Gasteiger partial charge in [-0.25, -0.2) is 17.5 Å². The summed E-state index contributed by atoms with van der Waals surface area (Å²) >= 11 is 6.06. The number of anilines is 1. The number of methoxy groups -OCH3 is 1. The predicted molar refractivity (Wildman–Crippen MR) is 102 cm³/mol. The summed E-state index contributed by atoms with van der Waals surface area (Å²) in [4.78, 5) is 0.0544. The number of aromatic nitrogens is 2. The molecule has 0 bridgehead atoms. The molecule has 0 saturated heterocycles. The van der Waals surface area contributed by atoms with Crippen molar-refractivity contribution < 1.29 is 17.5 Å². The first-order valence-corrected chi connectivity index (χ1v) is 9.77. The van der Waals surface area contributed by atoms with Crippen molar-refractivity contribution in [1.82, 2.24) is 9.78 Å². The van der Waals surface area contributed by atoms with Crippen molar-refractivity contribution in [2.24, 2.45) is 0 Å². The van der Waals surface area contributed by atoms with Crippen LogP contribution in [0.5, 0.6) is 5.75 Å². The first kappa shape index (κ1) is 19.2. The fraction of sp³-hybridized carbons (Fsp3) is 0.167. The van der Waals surface area contributed by atoms with Crippen molar-refractivity contribution in [2.75, 3.05) is 11.8 Å². The summed E-state index contributed by atoms with van der Waals surface area (Å²) in [5.74, 6) is 0.0577. The van der Waals surface area contributed by atoms with Gasteiger partial charge in [0.2, 0.25) is 0 Å². The molecule has 9 heteroatoms. The lowest BCUT2D eigenvalue weighted by molar-refractivity contribution is 0.415. The molecule has 6 nitrogen and oxygen atoms in total. The molecule has 0 saturated carbocycles. The third-order valence-corrected chi connectivity index (χ3v) is 5.90. The van der Waals surface area contributed by atoms with Crippen LogP contribution in [0.3, 0.4) is 0 Å². The molecule has 2 aromatic carbocycles. The summed E-state index contributed by atoms with van der Waals surface area (Å²) in [6.45, 7) is 3.24. The zero-order chi connectivity index (χ0) is 19.8. The largest absolute Gasteiger partial charge is 0.495 e. The Hall–Kier alpha value is -2.58. The van der Waals surface area contributed by atoms with E-state index in [9.17, 15) is 12.8 Å². The molecule has 0 aliphatic carbocycles. The molecule has 0 amide bonds. The van der Waals surface area contributed by atoms with Crippen molar-refractivity contribution >= 4 is 27.3 Å². The van der Waals surface area contributed by atoms with Crippen LogP contribution in [0.15, 0.2) is 47.4 Å². The lowest BCUT2D eigenvalue weighted by atomic mass is 10.3. The van der Waals surface area contributed by atoms with Gasteiger partial charge in [0, 0.05) is 0 Å². The molecule has 3 rings (SSSR count). The Morgan fingerprint density at radius 3 is 2.41 bits per heavy atom. The van der Waals surface area contributed by atoms with E-state index in [1.165, 1.54) is 42.1 Å². The third kappa shape index (κ3) is 3.77. The number of aryl methyl sites for hydroxylation is 1. The number of sulfonamides is 1. The van der Waals surface area contributed by atoms with Crippen LogP contribution in [-0.2, 0) is 10.0 Å². The predicted octanol–water partition coefficient (Wildman–Crippen LogP) is 4.09. The number of ether oxygens (including phenoxy) is 1. The van der Waals surface area contributed by atoms with Crippen LogP contribution in [0, 0.1) is 19.7 Å². The number of benzene rings is 2. The van der Waals surface area contributed by atoms with Crippen molar-refractivity contribution in [1.29, 1.82) is 0 Å². The number of halogens is 2. The standard InChI is InChI=1S/C18H17ClFN3O3S/c1-11-18(12(2)23(21-11)15-7-4-13(20)5-8-15)27(24,25)22-14-6-9-17(26-3)16(19)10-14/h4-10,22H,1-3H3. The second-order valence-electron chi connectivity index (χ2n) is 5.84. The van der Waals surface area contributed by atoms with Crippen molar-refractivity contribution in [3.05, 3.63) is 64.7 Å². The smallest absolute Gasteiger partial charge is 0.265 e. The molecule has 27 heavy (non-hydrogen) atoms. The van der Waals surface area contributed by atoms with E-state index in [-0.39, 0.29) is 15.7 Å². The SMILES string of the molecule is COc1ccc(NS(=O)(=O)c2c(C)nn(-c3ccc(F)cc3)c2C)cc1Cl. The quantitative estimate of drug-likeness (QED) is 0.688. The molecule has 1 N–H and O–H groups in total. The van der Waals surface area contributed by atoms with E-state index in [1.807, 2.05) is 0 Å². The van der Waals surface area contributed by atoms with Crippen LogP contribution in [0.4, 0.5) is 10.1 Å². The van der Waals surface area contributed by atoms with Gasteiger partial charge < -0.3 is 4.74 Å². The topological polar surface area (TPSA) is 73.2 Å². The molecule has 0 unspecified atom stereocenters. The van der Waals surface area contributed by atoms with Gasteiger partial charge >= 0.3 is 0 Å². The normalized spacial score (nSPS) is 11.4. The third-order valence-electron chi connectivity index (χ3n) is 3.97. The molecule has 0 radical (unpaired) electrons. The van der Waals surface area contributed by atoms with Crippen LogP contribution in [-0.4, -0.2) is 25.3 Å². The monoisotopic (exact) mass is 409 g/mol. The summed E-state index contributed by atoms with van der Waals surface area (Å²) in [6, 6.07) is 10.2. The van der Waals surface area contributed by atoms with E-state index in [0.717, 1.165) is 0 Å². The molecule has 1 heterocycles. The Bertz CT molecular complexity index is 1100. The highest BCUT2D eigenvalue weighted by Gasteiger charge is 2.25. The highest BCUT2D eigenvalue weighted by atomic mass is 35.5. The van der Waals surface area contributed by atoms with Gasteiger partial charge in [0.1, 0.15) is 16.5 Å². The highest BCUT2D eigenvalue weighted by molar-refractivity contribution is 7.92. The lowest BCUT2D eigenvalue weighted by Gasteiger charge is -2.10. The fourth-order valence-corrected chi connectivity index (χ4v) is 4.49. The Kier molecular flexibility index (Phi) is 5.12. The van der Waals surface area contributed by atoms with Gasteiger partial charge in [-0.3, -0.25) is 4.72 Å². The Balaban J connectivity index is 2.00. The first-order valence-electron chi connectivity index (χ1n) is 7.91. The molecule has 0 aliphatic rings. The minimum absolute atomic E-state index is 0.0544. The molecule has 0 aliphatic heterocycles. The van der Waals surface area contributed by atoms with Crippen molar-refractivity contribution in [2.45, 2.75) is 18.7 Å². The van der Waals surface area contributed by atoms with Gasteiger partial charge in [-0.2, -0.15) is 5.10 Å². The van der Waals surface area contributed by atoms with Crippen LogP contribution in [0.2, 0.25) is 5.02 Å². The van der Waals surface area contributed by atoms with Gasteiger partial charge in [0.05, 0.1) is 34.9 Å². The summed E-state index contributed by atoms with van der Waals surface area (Å²) in [5, 5.41) is 4.58. The highest BCUT2D eigenvalue weighted by Crippen LogP contribution is 2.30. The molecule has 3 aromatic rings. The van der Waals surface area contributed by atoms with E-state index < -0.39 is 10.0 Å². The fourth-order valence-electron chi connectivity index (χ4n) is 2.79. The van der Waals surface area contributed by atoms with Crippen LogP contribution >= 0.6 is 11.6 Å². The Labute approximate surface area is 161 Å². The molecule has 1 aromatic heterocycles. The number of nitrogens with one attached hydrogen (secondary N) is 1. The second-order valence-corrected chi connectivity index (χ2v) is 7.87. The average molecular weight is 410 g/mol. The maximum Gasteiger partial charge on any atom is 0.265 e. The molecule has 0 spiro atoms. The van der Waals surface area contributed by atoms with Crippen molar-refractivity contribution in [3.8, 4) is 11.4 Å². The molecule has 0 fully saturated rings. The van der Waals surface area contributed by atoms with Crippen LogP contribution < -0.4 is 9.46 Å². The molecule has 142 valence electrons. The lowest BCUT2D eigenvalue weighted by Crippen LogP contribution is -2.15. The average Bonchev–Trinajstić information content (AvgIpc) is 2.90. The molecule has 0 atom stereocenters. The summed E-state index contributed by atoms with van der Waals surface area (Å²) in [7, 11) is -2.44. The number of hydrogen-bond donors (Lipinski definition) is 1. The van der Waals surface area contributed by atoms with Crippen molar-refractivity contribution in [3.63, 3.8) is 0 Å². The van der Waals surface area contributed by atoms with Gasteiger partial charge in [-0.15, -0.1) is 0 Å². The number of hydrogen-bond acceptors (Lipinski definition) is 4. The summed E-state index contributed by atoms with van der Waals surface area (Å²) < 4.78 is 48.0. The van der Waals surface area contributed by atoms with Crippen LogP contribution in [0.25, 0.3) is 5.69 Å². The number of nitrogens with zero attached hydrogens (tertiary/aromatic N) is 2. The molecular weight excluding hydrogens is 393 g/mol. The summed E-state index contributed by atoms with van der Waals surface area (Å²) in [6.07, 6.45) is 0. The minimum Gasteiger partial charge on any atom is -0.495 e. The summed E-state index contributed by atoms with van der Waals surface area (Å²) in [5.41, 5.74) is 1.59. The van der Waals surface area contributed by atoms with Gasteiger partial charge in [-0.05, 0) is 56.3 Å². The maximum absolute atomic E-state index is 13.2. The minimum atomic E-state index is -3.91. The zero-order valence-electron chi connectivity index (χ0n) is 14.8. The van der Waals surface area contributed by atoms with E-state index in [1.54, 1.807) is 26.0 Å². The van der Waals surface area contributed by atoms with E-state index >= 15 is 0 Å². The van der Waals surface area contributed by atoms with E-state index in [4.69, 9.17) is 16.3 Å². The Morgan fingerprint density at radius 1 is 1.15 bits per heavy atom. The van der Waals surface area contributed by atoms with Crippen LogP contribution in [0.1, 0.15) is 11.4 Å². The van der Waals surface area contributed by atoms with E-state index in [2.05, 4.69) is 9.82 Å². The first-order chi connectivity index (χ1) is 12.7. The van der Waals surface area contributed by atoms with Gasteiger partial charge in [0.15, 0.2) is 0 Å². The number of rotatable bonds is 5. The maximum atomic E-state index is 13.2. The Morgan fingerprint density at radius 2 is 1.81 bits per heavy atom. The second kappa shape index (κ2) is 7.21. The zero-order valence-corrected chi connectivity index (χ0v) is 16.4. The van der Waals surface area contributed by atoms with Gasteiger partial charge in [-0.1, -0.05) is 11.6 Å². The van der Waals surface area contributed by atoms with E-state index in [0.29, 0.717) is 28.5 Å².